The summed E-state index contributed by atoms with van der Waals surface area (Å²) in [6.45, 7) is 6.82. The van der Waals surface area contributed by atoms with Gasteiger partial charge in [0.25, 0.3) is 5.91 Å². The highest BCUT2D eigenvalue weighted by Crippen LogP contribution is 2.41. The highest BCUT2D eigenvalue weighted by molar-refractivity contribution is 7.81. The lowest BCUT2D eigenvalue weighted by molar-refractivity contribution is 0.102. The van der Waals surface area contributed by atoms with Crippen LogP contribution in [-0.2, 0) is 6.42 Å². The third kappa shape index (κ3) is 10.7. The molecule has 6 rings (SSSR count). The molecule has 6 aromatic rings. The number of phenolic OH excluding ortho intramolecular Hbond substituents is 1. The Balaban J connectivity index is 1.13. The van der Waals surface area contributed by atoms with Gasteiger partial charge in [0, 0.05) is 22.9 Å². The monoisotopic (exact) mass is 785 g/mol. The Morgan fingerprint density at radius 1 is 0.789 bits per heavy atom. The van der Waals surface area contributed by atoms with Crippen LogP contribution in [0.4, 0.5) is 5.69 Å². The van der Waals surface area contributed by atoms with Gasteiger partial charge in [-0.15, -0.1) is 0 Å². The number of rotatable bonds is 22. The number of furan rings is 1. The zero-order valence-electron chi connectivity index (χ0n) is 33.5. The Bertz CT molecular complexity index is 2220. The maximum Gasteiger partial charge on any atom is 0.259 e. The Morgan fingerprint density at radius 3 is 2.07 bits per heavy atom. The molecule has 1 amide bonds. The quantitative estimate of drug-likeness (QED) is 0.0402. The van der Waals surface area contributed by atoms with Crippen LogP contribution in [0.25, 0.3) is 16.5 Å². The number of carbonyl (C=O) groups is 1. The van der Waals surface area contributed by atoms with Crippen LogP contribution in [0.3, 0.4) is 0 Å². The molecule has 0 bridgehead atoms. The average Bonchev–Trinajstić information content (AvgIpc) is 3.85. The molecule has 2 heterocycles. The molecular weight excluding hydrogens is 731 g/mol. The summed E-state index contributed by atoms with van der Waals surface area (Å²) in [4.78, 5) is 14.3. The third-order valence-electron chi connectivity index (χ3n) is 10.3. The zero-order chi connectivity index (χ0) is 40.0. The minimum Gasteiger partial charge on any atom is -0.506 e. The third-order valence-corrected chi connectivity index (χ3v) is 10.7. The first-order valence-corrected chi connectivity index (χ1v) is 21.0. The van der Waals surface area contributed by atoms with Gasteiger partial charge in [0.2, 0.25) is 5.88 Å². The van der Waals surface area contributed by atoms with Crippen LogP contribution < -0.4 is 14.8 Å². The molecular formula is C48H55N3O5S. The van der Waals surface area contributed by atoms with E-state index in [0.29, 0.717) is 56.6 Å². The number of nitrogens with one attached hydrogen (secondary N) is 1. The van der Waals surface area contributed by atoms with Crippen LogP contribution in [0.1, 0.15) is 124 Å². The smallest absolute Gasteiger partial charge is 0.259 e. The molecule has 0 spiro atoms. The summed E-state index contributed by atoms with van der Waals surface area (Å²) < 4.78 is 20.5. The fourth-order valence-corrected chi connectivity index (χ4v) is 7.42. The minimum atomic E-state index is -0.487. The van der Waals surface area contributed by atoms with Crippen molar-refractivity contribution in [2.24, 2.45) is 0 Å². The summed E-state index contributed by atoms with van der Waals surface area (Å²) in [6, 6.07) is 29.6. The molecule has 0 aliphatic carbocycles. The number of unbranched alkanes of at least 4 members (excludes halogenated alkanes) is 11. The lowest BCUT2D eigenvalue weighted by atomic mass is 10.0. The maximum atomic E-state index is 13.9. The van der Waals surface area contributed by atoms with Gasteiger partial charge in [-0.05, 0) is 67.9 Å². The number of hydrogen-bond acceptors (Lipinski definition) is 7. The van der Waals surface area contributed by atoms with Crippen molar-refractivity contribution in [1.82, 2.24) is 9.78 Å². The number of hydrogen-bond donors (Lipinski definition) is 2. The van der Waals surface area contributed by atoms with Gasteiger partial charge in [0.15, 0.2) is 0 Å². The molecule has 57 heavy (non-hydrogen) atoms. The van der Waals surface area contributed by atoms with E-state index in [-0.39, 0.29) is 11.3 Å². The second-order valence-electron chi connectivity index (χ2n) is 14.6. The molecule has 2 N–H and O–H groups in total. The summed E-state index contributed by atoms with van der Waals surface area (Å²) >= 11 is 6.00. The predicted octanol–water partition coefficient (Wildman–Crippen LogP) is 13.1. The molecule has 4 aromatic carbocycles. The van der Waals surface area contributed by atoms with Crippen molar-refractivity contribution in [2.75, 3.05) is 11.9 Å². The molecule has 0 radical (unpaired) electrons. The van der Waals surface area contributed by atoms with E-state index in [0.717, 1.165) is 36.5 Å². The van der Waals surface area contributed by atoms with E-state index in [1.54, 1.807) is 28.9 Å². The first kappa shape index (κ1) is 41.2. The van der Waals surface area contributed by atoms with Crippen LogP contribution >= 0.6 is 12.2 Å². The maximum absolute atomic E-state index is 13.9. The average molecular weight is 786 g/mol. The number of thiocarbonyl (C=S) groups is 1. The minimum absolute atomic E-state index is 0.0567. The van der Waals surface area contributed by atoms with Gasteiger partial charge in [0.05, 0.1) is 34.0 Å². The Morgan fingerprint density at radius 2 is 1.42 bits per heavy atom. The Labute approximate surface area is 342 Å². The van der Waals surface area contributed by atoms with Gasteiger partial charge < -0.3 is 24.3 Å². The highest BCUT2D eigenvalue weighted by atomic mass is 32.1. The molecule has 9 heteroatoms. The lowest BCUT2D eigenvalue weighted by Crippen LogP contribution is -2.13. The fraction of sp³-hybridized carbons (Fsp3) is 0.354. The van der Waals surface area contributed by atoms with E-state index in [9.17, 15) is 9.90 Å². The van der Waals surface area contributed by atoms with Crippen molar-refractivity contribution < 1.29 is 23.8 Å². The van der Waals surface area contributed by atoms with Crippen LogP contribution in [0.5, 0.6) is 23.1 Å². The predicted molar refractivity (Wildman–Crippen MR) is 234 cm³/mol. The van der Waals surface area contributed by atoms with Crippen LogP contribution in [-0.4, -0.2) is 32.3 Å². The first-order valence-electron chi connectivity index (χ1n) is 20.6. The van der Waals surface area contributed by atoms with Gasteiger partial charge in [-0.1, -0.05) is 139 Å². The molecule has 2 aromatic heterocycles. The van der Waals surface area contributed by atoms with Crippen molar-refractivity contribution in [2.45, 2.75) is 104 Å². The molecule has 0 saturated heterocycles. The second-order valence-corrected chi connectivity index (χ2v) is 15.0. The Hall–Kier alpha value is -5.41. The topological polar surface area (TPSA) is 98.8 Å². The van der Waals surface area contributed by atoms with E-state index in [4.69, 9.17) is 31.2 Å². The van der Waals surface area contributed by atoms with Crippen molar-refractivity contribution in [3.8, 4) is 28.8 Å². The number of aromatic hydroxyl groups is 1. The number of ether oxygens (including phenoxy) is 2. The SMILES string of the molecule is CCCCCCCCCCCCCCOc1ccc(NC(=O)c2cc(Oc3c(C(=S)c4ccc(CC)o4)c(C)nn3-c3ccccc3)c3ccccc3c2O)cc1. The van der Waals surface area contributed by atoms with Crippen molar-refractivity contribution in [1.29, 1.82) is 0 Å². The van der Waals surface area contributed by atoms with E-state index in [1.165, 1.54) is 64.2 Å². The standard InChI is InChI=1S/C48H55N3O5S/c1-4-6-7-8-9-10-11-12-13-14-15-21-32-54-38-28-26-35(27-29-38)49-47(53)41-33-43(39-24-19-20-25-40(39)45(41)52)56-48-44(46(57)42-31-30-37(5-2)55-42)34(3)50-51(48)36-22-17-16-18-23-36/h16-20,22-31,33,52H,4-15,21,32H2,1-3H3,(H,49,53). The number of carbonyl (C=O) groups excluding carboxylic acids is 1. The van der Waals surface area contributed by atoms with Crippen LogP contribution in [0.2, 0.25) is 0 Å². The van der Waals surface area contributed by atoms with E-state index in [1.807, 2.05) is 86.6 Å². The first-order chi connectivity index (χ1) is 27.9. The van der Waals surface area contributed by atoms with Gasteiger partial charge in [-0.25, -0.2) is 0 Å². The summed E-state index contributed by atoms with van der Waals surface area (Å²) in [6.07, 6.45) is 16.3. The highest BCUT2D eigenvalue weighted by Gasteiger charge is 2.27. The normalized spacial score (nSPS) is 11.2. The van der Waals surface area contributed by atoms with Crippen molar-refractivity contribution in [3.05, 3.63) is 125 Å². The number of aromatic nitrogens is 2. The molecule has 0 aliphatic heterocycles. The molecule has 0 atom stereocenters. The molecule has 0 saturated carbocycles. The van der Waals surface area contributed by atoms with E-state index < -0.39 is 5.91 Å². The largest absolute Gasteiger partial charge is 0.506 e. The van der Waals surface area contributed by atoms with E-state index in [2.05, 4.69) is 12.2 Å². The Kier molecular flexibility index (Phi) is 14.9. The number of fused-ring (bicyclic) bond motifs is 1. The number of aryl methyl sites for hydroxylation is 2. The number of phenols is 1. The lowest BCUT2D eigenvalue weighted by Gasteiger charge is -2.16. The fourth-order valence-electron chi connectivity index (χ4n) is 7.07. The number of anilines is 1. The van der Waals surface area contributed by atoms with Crippen LogP contribution in [0, 0.1) is 6.92 Å². The number of benzene rings is 4. The van der Waals surface area contributed by atoms with Crippen molar-refractivity contribution in [3.63, 3.8) is 0 Å². The number of para-hydroxylation sites is 1. The van der Waals surface area contributed by atoms with Crippen LogP contribution in [0.15, 0.2) is 101 Å². The number of nitrogens with zero attached hydrogens (tertiary/aromatic N) is 2. The van der Waals surface area contributed by atoms with Gasteiger partial charge in [-0.2, -0.15) is 9.78 Å². The number of amides is 1. The summed E-state index contributed by atoms with van der Waals surface area (Å²) in [7, 11) is 0. The summed E-state index contributed by atoms with van der Waals surface area (Å²) in [5, 5.41) is 20.3. The molecule has 8 nitrogen and oxygen atoms in total. The molecule has 298 valence electrons. The van der Waals surface area contributed by atoms with Gasteiger partial charge >= 0.3 is 0 Å². The second kappa shape index (κ2) is 20.7. The summed E-state index contributed by atoms with van der Waals surface area (Å²) in [5.41, 5.74) is 2.64. The molecule has 0 unspecified atom stereocenters. The van der Waals surface area contributed by atoms with Gasteiger partial charge in [0.1, 0.15) is 28.8 Å². The molecule has 0 aliphatic rings. The van der Waals surface area contributed by atoms with Gasteiger partial charge in [-0.3, -0.25) is 4.79 Å². The van der Waals surface area contributed by atoms with E-state index >= 15 is 0 Å². The molecule has 0 fully saturated rings. The van der Waals surface area contributed by atoms with Crippen molar-refractivity contribution >= 4 is 39.4 Å². The zero-order valence-corrected chi connectivity index (χ0v) is 34.3. The summed E-state index contributed by atoms with van der Waals surface area (Å²) in [5.74, 6) is 2.19.